The van der Waals surface area contributed by atoms with E-state index in [9.17, 15) is 4.79 Å². The normalized spacial score (nSPS) is 12.4. The van der Waals surface area contributed by atoms with E-state index < -0.39 is 5.97 Å². The van der Waals surface area contributed by atoms with Crippen LogP contribution in [0.25, 0.3) is 0 Å². The third-order valence-electron chi connectivity index (χ3n) is 2.40. The van der Waals surface area contributed by atoms with Crippen molar-refractivity contribution in [3.8, 4) is 0 Å². The molecule has 0 aliphatic rings. The van der Waals surface area contributed by atoms with Crippen LogP contribution in [-0.4, -0.2) is 32.5 Å². The number of carbonyl (C=O) groups is 1. The average molecular weight is 285 g/mol. The Morgan fingerprint density at radius 3 is 3.05 bits per heavy atom. The predicted molar refractivity (Wildman–Crippen MR) is 65.9 cm³/mol. The smallest absolute Gasteiger partial charge is 0.397 e. The first kappa shape index (κ1) is 13.5. The number of ether oxygens (including phenoxy) is 1. The first-order chi connectivity index (χ1) is 9.10. The van der Waals surface area contributed by atoms with Crippen LogP contribution in [0.2, 0.25) is 5.02 Å². The Morgan fingerprint density at radius 1 is 1.63 bits per heavy atom. The van der Waals surface area contributed by atoms with Gasteiger partial charge in [0, 0.05) is 12.1 Å². The first-order valence-electron chi connectivity index (χ1n) is 5.78. The Kier molecular flexibility index (Phi) is 4.16. The van der Waals surface area contributed by atoms with Gasteiger partial charge in [-0.15, -0.1) is 0 Å². The van der Waals surface area contributed by atoms with Gasteiger partial charge in [-0.2, -0.15) is 10.1 Å². The van der Waals surface area contributed by atoms with Gasteiger partial charge in [0.2, 0.25) is 0 Å². The van der Waals surface area contributed by atoms with Crippen LogP contribution < -0.4 is 0 Å². The summed E-state index contributed by atoms with van der Waals surface area (Å²) in [6, 6.07) is 0. The van der Waals surface area contributed by atoms with Crippen LogP contribution in [0.5, 0.6) is 0 Å². The molecule has 0 radical (unpaired) electrons. The molecule has 2 aromatic heterocycles. The molecule has 2 aromatic rings. The molecule has 0 N–H and O–H groups in total. The van der Waals surface area contributed by atoms with E-state index >= 15 is 0 Å². The summed E-state index contributed by atoms with van der Waals surface area (Å²) in [5, 5.41) is 8.38. The lowest BCUT2D eigenvalue weighted by Crippen LogP contribution is -2.09. The molecule has 0 aromatic carbocycles. The minimum atomic E-state index is -0.615. The van der Waals surface area contributed by atoms with Crippen molar-refractivity contribution in [1.82, 2.24) is 19.9 Å². The van der Waals surface area contributed by atoms with Crippen molar-refractivity contribution < 1.29 is 14.1 Å². The van der Waals surface area contributed by atoms with Crippen LogP contribution in [0.15, 0.2) is 16.9 Å². The topological polar surface area (TPSA) is 83.0 Å². The van der Waals surface area contributed by atoms with Gasteiger partial charge in [-0.05, 0) is 6.92 Å². The number of esters is 1. The molecule has 0 amide bonds. The average Bonchev–Trinajstić information content (AvgIpc) is 2.98. The van der Waals surface area contributed by atoms with Crippen molar-refractivity contribution >= 4 is 17.6 Å². The van der Waals surface area contributed by atoms with E-state index in [2.05, 4.69) is 15.2 Å². The molecule has 0 saturated heterocycles. The van der Waals surface area contributed by atoms with Gasteiger partial charge in [0.05, 0.1) is 24.4 Å². The largest absolute Gasteiger partial charge is 0.459 e. The molecule has 0 saturated carbocycles. The quantitative estimate of drug-likeness (QED) is 0.780. The Morgan fingerprint density at radius 2 is 2.42 bits per heavy atom. The summed E-state index contributed by atoms with van der Waals surface area (Å²) in [6.07, 6.45) is 3.25. The maximum absolute atomic E-state index is 11.4. The summed E-state index contributed by atoms with van der Waals surface area (Å²) in [6.45, 7) is 4.40. The van der Waals surface area contributed by atoms with Gasteiger partial charge >= 0.3 is 11.9 Å². The fourth-order valence-electron chi connectivity index (χ4n) is 1.51. The fraction of sp³-hybridized carbons (Fsp3) is 0.455. The number of carbonyl (C=O) groups excluding carboxylic acids is 1. The first-order valence-corrected chi connectivity index (χ1v) is 6.16. The number of halogens is 1. The summed E-state index contributed by atoms with van der Waals surface area (Å²) in [5.41, 5.74) is 0. The summed E-state index contributed by atoms with van der Waals surface area (Å²) in [7, 11) is 0. The van der Waals surface area contributed by atoms with Gasteiger partial charge in [-0.25, -0.2) is 4.79 Å². The van der Waals surface area contributed by atoms with Crippen molar-refractivity contribution in [2.24, 2.45) is 0 Å². The summed E-state index contributed by atoms with van der Waals surface area (Å²) >= 11 is 5.78. The minimum absolute atomic E-state index is 0.0668. The van der Waals surface area contributed by atoms with E-state index in [0.29, 0.717) is 17.4 Å². The van der Waals surface area contributed by atoms with Crippen molar-refractivity contribution in [3.63, 3.8) is 0 Å². The van der Waals surface area contributed by atoms with E-state index in [4.69, 9.17) is 20.9 Å². The highest BCUT2D eigenvalue weighted by Crippen LogP contribution is 2.15. The van der Waals surface area contributed by atoms with E-state index in [1.807, 2.05) is 6.92 Å². The highest BCUT2D eigenvalue weighted by molar-refractivity contribution is 6.30. The number of nitrogens with zero attached hydrogens (tertiary/aromatic N) is 4. The number of aromatic nitrogens is 4. The Hall–Kier alpha value is -1.89. The SMILES string of the molecule is CCOC(=O)c1nc([C@H](C)Cn2cc(Cl)cn2)no1. The molecule has 0 spiro atoms. The molecular formula is C11H13ClN4O3. The van der Waals surface area contributed by atoms with Crippen molar-refractivity contribution in [1.29, 1.82) is 0 Å². The van der Waals surface area contributed by atoms with E-state index in [1.54, 1.807) is 24.0 Å². The zero-order chi connectivity index (χ0) is 13.8. The third-order valence-corrected chi connectivity index (χ3v) is 2.59. The van der Waals surface area contributed by atoms with Gasteiger partial charge in [0.1, 0.15) is 0 Å². The van der Waals surface area contributed by atoms with Gasteiger partial charge in [-0.3, -0.25) is 4.68 Å². The van der Waals surface area contributed by atoms with E-state index in [1.165, 1.54) is 0 Å². The number of hydrogen-bond acceptors (Lipinski definition) is 6. The predicted octanol–water partition coefficient (Wildman–Crippen LogP) is 1.90. The maximum atomic E-state index is 11.4. The standard InChI is InChI=1S/C11H13ClN4O3/c1-3-18-11(17)10-14-9(15-19-10)7(2)5-16-6-8(12)4-13-16/h4,6-7H,3,5H2,1-2H3/t7-/m1/s1. The molecule has 0 bridgehead atoms. The number of hydrogen-bond donors (Lipinski definition) is 0. The summed E-state index contributed by atoms with van der Waals surface area (Å²) in [4.78, 5) is 15.4. The third kappa shape index (κ3) is 3.31. The van der Waals surface area contributed by atoms with Crippen molar-refractivity contribution in [2.75, 3.05) is 6.61 Å². The molecule has 7 nitrogen and oxygen atoms in total. The van der Waals surface area contributed by atoms with Gasteiger partial charge in [0.25, 0.3) is 0 Å². The molecule has 8 heteroatoms. The molecule has 102 valence electrons. The molecule has 0 aliphatic heterocycles. The van der Waals surface area contributed by atoms with Crippen LogP contribution in [0, 0.1) is 0 Å². The zero-order valence-electron chi connectivity index (χ0n) is 10.5. The molecule has 0 fully saturated rings. The second kappa shape index (κ2) is 5.83. The van der Waals surface area contributed by atoms with E-state index in [-0.39, 0.29) is 18.4 Å². The lowest BCUT2D eigenvalue weighted by atomic mass is 10.2. The summed E-state index contributed by atoms with van der Waals surface area (Å²) < 4.78 is 11.3. The van der Waals surface area contributed by atoms with Gasteiger partial charge in [0.15, 0.2) is 5.82 Å². The minimum Gasteiger partial charge on any atom is -0.459 e. The van der Waals surface area contributed by atoms with Crippen LogP contribution in [0.4, 0.5) is 0 Å². The zero-order valence-corrected chi connectivity index (χ0v) is 11.3. The lowest BCUT2D eigenvalue weighted by Gasteiger charge is -2.05. The van der Waals surface area contributed by atoms with Crippen LogP contribution in [-0.2, 0) is 11.3 Å². The van der Waals surface area contributed by atoms with E-state index in [0.717, 1.165) is 0 Å². The highest BCUT2D eigenvalue weighted by Gasteiger charge is 2.20. The van der Waals surface area contributed by atoms with Crippen LogP contribution in [0.1, 0.15) is 36.3 Å². The number of rotatable bonds is 5. The molecule has 1 atom stereocenters. The molecule has 19 heavy (non-hydrogen) atoms. The molecular weight excluding hydrogens is 272 g/mol. The Bertz CT molecular complexity index is 566. The monoisotopic (exact) mass is 284 g/mol. The molecule has 2 rings (SSSR count). The second-order valence-corrected chi connectivity index (χ2v) is 4.40. The lowest BCUT2D eigenvalue weighted by molar-refractivity contribution is 0.0470. The molecule has 2 heterocycles. The van der Waals surface area contributed by atoms with Gasteiger partial charge in [-0.1, -0.05) is 23.7 Å². The fourth-order valence-corrected chi connectivity index (χ4v) is 1.67. The molecule has 0 aliphatic carbocycles. The van der Waals surface area contributed by atoms with Gasteiger partial charge < -0.3 is 9.26 Å². The van der Waals surface area contributed by atoms with Crippen LogP contribution in [0.3, 0.4) is 0 Å². The second-order valence-electron chi connectivity index (χ2n) is 3.96. The Labute approximate surface area is 114 Å². The highest BCUT2D eigenvalue weighted by atomic mass is 35.5. The van der Waals surface area contributed by atoms with Crippen molar-refractivity contribution in [2.45, 2.75) is 26.3 Å². The summed E-state index contributed by atoms with van der Waals surface area (Å²) in [5.74, 6) is -0.393. The Balaban J connectivity index is 2.03. The maximum Gasteiger partial charge on any atom is 0.397 e. The molecule has 0 unspecified atom stereocenters. The van der Waals surface area contributed by atoms with Crippen molar-refractivity contribution in [3.05, 3.63) is 29.1 Å². The van der Waals surface area contributed by atoms with Crippen LogP contribution >= 0.6 is 11.6 Å².